The first-order valence-electron chi connectivity index (χ1n) is 7.30. The summed E-state index contributed by atoms with van der Waals surface area (Å²) in [6.45, 7) is 10.6. The fourth-order valence-electron chi connectivity index (χ4n) is 2.79. The lowest BCUT2D eigenvalue weighted by Gasteiger charge is -2.33. The molecule has 1 aromatic heterocycles. The van der Waals surface area contributed by atoms with Gasteiger partial charge < -0.3 is 9.88 Å². The van der Waals surface area contributed by atoms with Crippen molar-refractivity contribution in [2.75, 3.05) is 18.8 Å². The van der Waals surface area contributed by atoms with Gasteiger partial charge in [0.25, 0.3) is 0 Å². The van der Waals surface area contributed by atoms with Crippen molar-refractivity contribution in [3.63, 3.8) is 0 Å². The zero-order chi connectivity index (χ0) is 14.7. The maximum Gasteiger partial charge on any atom is 0.233 e. The molecule has 2 rings (SSSR count). The third-order valence-corrected chi connectivity index (χ3v) is 5.02. The number of aromatic nitrogens is 1. The molecule has 1 atom stereocenters. The molecule has 0 aromatic carbocycles. The molecule has 0 radical (unpaired) electrons. The Hall–Kier alpha value is -0.940. The van der Waals surface area contributed by atoms with Gasteiger partial charge in [0.15, 0.2) is 0 Å². The normalized spacial score (nSPS) is 19.9. The van der Waals surface area contributed by atoms with Crippen molar-refractivity contribution < 1.29 is 4.79 Å². The Morgan fingerprint density at radius 3 is 2.65 bits per heavy atom. The van der Waals surface area contributed by atoms with Gasteiger partial charge in [-0.15, -0.1) is 11.8 Å². The van der Waals surface area contributed by atoms with E-state index in [-0.39, 0.29) is 11.3 Å². The van der Waals surface area contributed by atoms with Gasteiger partial charge in [0.2, 0.25) is 5.91 Å². The number of hydrogen-bond acceptors (Lipinski definition) is 3. The molecule has 1 unspecified atom stereocenters. The summed E-state index contributed by atoms with van der Waals surface area (Å²) in [5.74, 6) is 0.842. The largest absolute Gasteiger partial charge is 0.363 e. The zero-order valence-corrected chi connectivity index (χ0v) is 13.6. The van der Waals surface area contributed by atoms with Crippen molar-refractivity contribution in [3.05, 3.63) is 24.0 Å². The number of hydrogen-bond donors (Lipinski definition) is 1. The van der Waals surface area contributed by atoms with Gasteiger partial charge in [0.1, 0.15) is 5.37 Å². The number of nitrogens with one attached hydrogen (secondary N) is 1. The van der Waals surface area contributed by atoms with E-state index in [2.05, 4.69) is 43.6 Å². The molecule has 1 aromatic rings. The lowest BCUT2D eigenvalue weighted by Crippen LogP contribution is -2.43. The number of carbonyl (C=O) groups excluding carboxylic acids is 1. The fraction of sp³-hybridized carbons (Fsp3) is 0.667. The Bertz CT molecular complexity index is 422. The summed E-state index contributed by atoms with van der Waals surface area (Å²) in [7, 11) is 0. The van der Waals surface area contributed by atoms with Crippen LogP contribution in [0, 0.1) is 0 Å². The third kappa shape index (κ3) is 3.38. The molecule has 5 heteroatoms. The van der Waals surface area contributed by atoms with Crippen LogP contribution in [0.3, 0.4) is 0 Å². The second-order valence-corrected chi connectivity index (χ2v) is 6.87. The highest BCUT2D eigenvalue weighted by Crippen LogP contribution is 2.37. The Balaban J connectivity index is 2.01. The summed E-state index contributed by atoms with van der Waals surface area (Å²) in [5.41, 5.74) is 1.13. The standard InChI is InChI=1S/C15H25N3OS/c1-11(2)17(12(3)4)8-9-18-14(19)10-20-15(18)13-6-5-7-16-13/h5-7,11-12,15-16H,8-10H2,1-4H3. The van der Waals surface area contributed by atoms with E-state index in [0.717, 1.165) is 18.8 Å². The highest BCUT2D eigenvalue weighted by Gasteiger charge is 2.33. The quantitative estimate of drug-likeness (QED) is 0.877. The van der Waals surface area contributed by atoms with Crippen LogP contribution in [0.1, 0.15) is 38.8 Å². The second kappa shape index (κ2) is 6.68. The molecular weight excluding hydrogens is 270 g/mol. The molecule has 1 fully saturated rings. The first-order chi connectivity index (χ1) is 9.50. The zero-order valence-electron chi connectivity index (χ0n) is 12.8. The van der Waals surface area contributed by atoms with Crippen LogP contribution >= 0.6 is 11.8 Å². The monoisotopic (exact) mass is 295 g/mol. The molecule has 1 aliphatic heterocycles. The van der Waals surface area contributed by atoms with E-state index in [0.29, 0.717) is 17.8 Å². The summed E-state index contributed by atoms with van der Waals surface area (Å²) in [6.07, 6.45) is 1.92. The minimum absolute atomic E-state index is 0.152. The molecule has 0 saturated carbocycles. The molecule has 1 N–H and O–H groups in total. The van der Waals surface area contributed by atoms with E-state index in [9.17, 15) is 4.79 Å². The average molecular weight is 295 g/mol. The van der Waals surface area contributed by atoms with Crippen LogP contribution in [0.2, 0.25) is 0 Å². The molecule has 0 spiro atoms. The van der Waals surface area contributed by atoms with E-state index >= 15 is 0 Å². The van der Waals surface area contributed by atoms with Gasteiger partial charge in [-0.1, -0.05) is 0 Å². The Morgan fingerprint density at radius 1 is 1.40 bits per heavy atom. The summed E-state index contributed by atoms with van der Waals surface area (Å²) < 4.78 is 0. The molecule has 112 valence electrons. The fourth-order valence-corrected chi connectivity index (χ4v) is 3.98. The molecule has 0 aliphatic carbocycles. The van der Waals surface area contributed by atoms with Gasteiger partial charge >= 0.3 is 0 Å². The van der Waals surface area contributed by atoms with Gasteiger partial charge in [0, 0.05) is 37.1 Å². The van der Waals surface area contributed by atoms with Crippen molar-refractivity contribution >= 4 is 17.7 Å². The lowest BCUT2D eigenvalue weighted by molar-refractivity contribution is -0.128. The maximum absolute atomic E-state index is 12.1. The molecule has 1 saturated heterocycles. The SMILES string of the molecule is CC(C)N(CCN1C(=O)CSC1c1ccc[nH]1)C(C)C. The van der Waals surface area contributed by atoms with E-state index < -0.39 is 0 Å². The van der Waals surface area contributed by atoms with Crippen molar-refractivity contribution in [1.29, 1.82) is 0 Å². The van der Waals surface area contributed by atoms with Crippen molar-refractivity contribution in [2.24, 2.45) is 0 Å². The van der Waals surface area contributed by atoms with Gasteiger partial charge in [0.05, 0.1) is 5.75 Å². The topological polar surface area (TPSA) is 39.3 Å². The molecular formula is C15H25N3OS. The average Bonchev–Trinajstić information content (AvgIpc) is 2.99. The van der Waals surface area contributed by atoms with Gasteiger partial charge in [-0.05, 0) is 39.8 Å². The van der Waals surface area contributed by atoms with Crippen molar-refractivity contribution in [3.8, 4) is 0 Å². The Morgan fingerprint density at radius 2 is 2.10 bits per heavy atom. The second-order valence-electron chi connectivity index (χ2n) is 5.80. The molecule has 1 aliphatic rings. The van der Waals surface area contributed by atoms with Gasteiger partial charge in [-0.25, -0.2) is 0 Å². The van der Waals surface area contributed by atoms with Crippen LogP contribution in [-0.2, 0) is 4.79 Å². The molecule has 4 nitrogen and oxygen atoms in total. The summed E-state index contributed by atoms with van der Waals surface area (Å²) in [6, 6.07) is 5.06. The van der Waals surface area contributed by atoms with Crippen LogP contribution in [0.15, 0.2) is 18.3 Å². The first-order valence-corrected chi connectivity index (χ1v) is 8.35. The van der Waals surface area contributed by atoms with Crippen LogP contribution in [-0.4, -0.2) is 51.6 Å². The third-order valence-electron chi connectivity index (χ3n) is 3.78. The Kier molecular flexibility index (Phi) is 5.16. The van der Waals surface area contributed by atoms with Crippen LogP contribution in [0.4, 0.5) is 0 Å². The Labute approximate surface area is 125 Å². The molecule has 0 bridgehead atoms. The molecule has 1 amide bonds. The molecule has 2 heterocycles. The lowest BCUT2D eigenvalue weighted by atomic mass is 10.2. The number of nitrogens with zero attached hydrogens (tertiary/aromatic N) is 2. The highest BCUT2D eigenvalue weighted by atomic mass is 32.2. The van der Waals surface area contributed by atoms with Gasteiger partial charge in [-0.2, -0.15) is 0 Å². The van der Waals surface area contributed by atoms with E-state index in [4.69, 9.17) is 0 Å². The minimum atomic E-state index is 0.152. The first kappa shape index (κ1) is 15.4. The summed E-state index contributed by atoms with van der Waals surface area (Å²) in [5, 5.41) is 0.152. The predicted octanol–water partition coefficient (Wildman–Crippen LogP) is 2.71. The van der Waals surface area contributed by atoms with E-state index in [1.165, 1.54) is 0 Å². The van der Waals surface area contributed by atoms with Crippen LogP contribution < -0.4 is 0 Å². The highest BCUT2D eigenvalue weighted by molar-refractivity contribution is 8.00. The predicted molar refractivity (Wildman–Crippen MR) is 84.7 cm³/mol. The van der Waals surface area contributed by atoms with Gasteiger partial charge in [-0.3, -0.25) is 9.69 Å². The molecule has 20 heavy (non-hydrogen) atoms. The van der Waals surface area contributed by atoms with Crippen molar-refractivity contribution in [1.82, 2.24) is 14.8 Å². The van der Waals surface area contributed by atoms with E-state index in [1.807, 2.05) is 17.2 Å². The number of carbonyl (C=O) groups is 1. The summed E-state index contributed by atoms with van der Waals surface area (Å²) in [4.78, 5) is 19.8. The van der Waals surface area contributed by atoms with Crippen molar-refractivity contribution in [2.45, 2.75) is 45.2 Å². The number of aromatic amines is 1. The number of amides is 1. The minimum Gasteiger partial charge on any atom is -0.363 e. The number of H-pyrrole nitrogens is 1. The number of thioether (sulfide) groups is 1. The maximum atomic E-state index is 12.1. The van der Waals surface area contributed by atoms with E-state index in [1.54, 1.807) is 11.8 Å². The van der Waals surface area contributed by atoms with Crippen LogP contribution in [0.25, 0.3) is 0 Å². The number of rotatable bonds is 6. The smallest absolute Gasteiger partial charge is 0.233 e. The van der Waals surface area contributed by atoms with Crippen LogP contribution in [0.5, 0.6) is 0 Å². The summed E-state index contributed by atoms with van der Waals surface area (Å²) >= 11 is 1.71.